The molecule has 134 valence electrons. The van der Waals surface area contributed by atoms with Gasteiger partial charge in [0.15, 0.2) is 0 Å². The van der Waals surface area contributed by atoms with E-state index in [4.69, 9.17) is 0 Å². The molecule has 1 aromatic carbocycles. The number of carbonyl (C=O) groups is 1. The van der Waals surface area contributed by atoms with Crippen LogP contribution in [0, 0.1) is 0 Å². The van der Waals surface area contributed by atoms with Crippen molar-refractivity contribution in [1.29, 1.82) is 0 Å². The molecular weight excluding hydrogens is 312 g/mol. The molecule has 0 N–H and O–H groups in total. The van der Waals surface area contributed by atoms with Crippen LogP contribution in [0.2, 0.25) is 0 Å². The van der Waals surface area contributed by atoms with Crippen molar-refractivity contribution < 1.29 is 4.79 Å². The van der Waals surface area contributed by atoms with Crippen LogP contribution in [0.4, 0.5) is 0 Å². The summed E-state index contributed by atoms with van der Waals surface area (Å²) >= 11 is 0. The fourth-order valence-electron chi connectivity index (χ4n) is 3.53. The molecule has 3 rings (SSSR count). The average molecular weight is 340 g/mol. The molecule has 1 aromatic heterocycles. The second kappa shape index (κ2) is 7.83. The summed E-state index contributed by atoms with van der Waals surface area (Å²) in [6.45, 7) is 7.28. The summed E-state index contributed by atoms with van der Waals surface area (Å²) in [4.78, 5) is 21.8. The smallest absolute Gasteiger partial charge is 0.240 e. The molecule has 0 saturated carbocycles. The molecular formula is C20H28N4O. The van der Waals surface area contributed by atoms with Crippen LogP contribution in [0.1, 0.15) is 37.2 Å². The second-order valence-corrected chi connectivity index (χ2v) is 6.88. The Morgan fingerprint density at radius 2 is 2.08 bits per heavy atom. The molecule has 1 atom stereocenters. The number of rotatable bonds is 6. The Morgan fingerprint density at radius 3 is 2.76 bits per heavy atom. The van der Waals surface area contributed by atoms with Crippen molar-refractivity contribution in [2.75, 3.05) is 13.1 Å². The molecule has 0 unspecified atom stereocenters. The minimum atomic E-state index is -0.111. The average Bonchev–Trinajstić information content (AvgIpc) is 3.04. The summed E-state index contributed by atoms with van der Waals surface area (Å²) in [5.41, 5.74) is 2.76. The Morgan fingerprint density at radius 1 is 1.32 bits per heavy atom. The van der Waals surface area contributed by atoms with Crippen LogP contribution >= 0.6 is 0 Å². The van der Waals surface area contributed by atoms with E-state index in [1.165, 1.54) is 11.1 Å². The van der Waals surface area contributed by atoms with Gasteiger partial charge in [-0.3, -0.25) is 9.69 Å². The van der Waals surface area contributed by atoms with Crippen molar-refractivity contribution in [1.82, 2.24) is 19.4 Å². The molecule has 1 amide bonds. The SMILES string of the molecule is CCCN(Cc1nccn1C)C(=O)[C@@H](C)N1CCc2ccccc2C1. The van der Waals surface area contributed by atoms with Crippen molar-refractivity contribution in [2.45, 2.75) is 45.8 Å². The standard InChI is InChI=1S/C20H28N4O/c1-4-11-24(15-19-21-10-13-22(19)3)20(25)16(2)23-12-9-17-7-5-6-8-18(17)14-23/h5-8,10,13,16H,4,9,11-12,14-15H2,1-3H3/t16-/m1/s1. The van der Waals surface area contributed by atoms with E-state index in [0.717, 1.165) is 38.3 Å². The summed E-state index contributed by atoms with van der Waals surface area (Å²) < 4.78 is 1.98. The van der Waals surface area contributed by atoms with Gasteiger partial charge in [-0.1, -0.05) is 31.2 Å². The van der Waals surface area contributed by atoms with E-state index in [0.29, 0.717) is 6.54 Å². The lowest BCUT2D eigenvalue weighted by molar-refractivity contribution is -0.137. The van der Waals surface area contributed by atoms with Gasteiger partial charge in [-0.2, -0.15) is 0 Å². The lowest BCUT2D eigenvalue weighted by Crippen LogP contribution is -2.48. The maximum atomic E-state index is 13.1. The van der Waals surface area contributed by atoms with Crippen LogP contribution in [0.25, 0.3) is 0 Å². The Kier molecular flexibility index (Phi) is 5.53. The summed E-state index contributed by atoms with van der Waals surface area (Å²) in [5, 5.41) is 0. The van der Waals surface area contributed by atoms with Crippen molar-refractivity contribution in [3.8, 4) is 0 Å². The highest BCUT2D eigenvalue weighted by atomic mass is 16.2. The van der Waals surface area contributed by atoms with Crippen LogP contribution in [0.15, 0.2) is 36.7 Å². The number of aryl methyl sites for hydroxylation is 1. The van der Waals surface area contributed by atoms with Gasteiger partial charge in [0, 0.05) is 39.1 Å². The number of imidazole rings is 1. The predicted molar refractivity (Wildman–Crippen MR) is 98.9 cm³/mol. The van der Waals surface area contributed by atoms with E-state index < -0.39 is 0 Å². The number of hydrogen-bond donors (Lipinski definition) is 0. The van der Waals surface area contributed by atoms with Gasteiger partial charge < -0.3 is 9.47 Å². The molecule has 0 aliphatic carbocycles. The van der Waals surface area contributed by atoms with Crippen LogP contribution in [-0.4, -0.2) is 44.4 Å². The van der Waals surface area contributed by atoms with Gasteiger partial charge in [0.2, 0.25) is 5.91 Å². The van der Waals surface area contributed by atoms with Gasteiger partial charge in [-0.05, 0) is 30.9 Å². The monoisotopic (exact) mass is 340 g/mol. The Balaban J connectivity index is 1.70. The third-order valence-corrected chi connectivity index (χ3v) is 5.12. The molecule has 0 spiro atoms. The van der Waals surface area contributed by atoms with E-state index in [2.05, 4.69) is 41.1 Å². The topological polar surface area (TPSA) is 41.4 Å². The lowest BCUT2D eigenvalue weighted by Gasteiger charge is -2.35. The largest absolute Gasteiger partial charge is 0.337 e. The number of aromatic nitrogens is 2. The first-order valence-corrected chi connectivity index (χ1v) is 9.16. The normalized spacial score (nSPS) is 15.6. The van der Waals surface area contributed by atoms with Crippen LogP contribution in [0.5, 0.6) is 0 Å². The molecule has 25 heavy (non-hydrogen) atoms. The van der Waals surface area contributed by atoms with Gasteiger partial charge in [0.25, 0.3) is 0 Å². The van der Waals surface area contributed by atoms with Crippen molar-refractivity contribution in [3.05, 3.63) is 53.6 Å². The summed E-state index contributed by atoms with van der Waals surface area (Å²) in [5.74, 6) is 1.13. The fourth-order valence-corrected chi connectivity index (χ4v) is 3.53. The minimum Gasteiger partial charge on any atom is -0.337 e. The first kappa shape index (κ1) is 17.7. The molecule has 0 saturated heterocycles. The van der Waals surface area contributed by atoms with Crippen LogP contribution in [0.3, 0.4) is 0 Å². The van der Waals surface area contributed by atoms with Crippen molar-refractivity contribution >= 4 is 5.91 Å². The van der Waals surface area contributed by atoms with E-state index in [1.807, 2.05) is 29.6 Å². The first-order chi connectivity index (χ1) is 12.1. The zero-order chi connectivity index (χ0) is 17.8. The summed E-state index contributed by atoms with van der Waals surface area (Å²) in [6, 6.07) is 8.44. The predicted octanol–water partition coefficient (Wildman–Crippen LogP) is 2.61. The third-order valence-electron chi connectivity index (χ3n) is 5.12. The molecule has 5 heteroatoms. The number of carbonyl (C=O) groups excluding carboxylic acids is 1. The molecule has 0 bridgehead atoms. The van der Waals surface area contributed by atoms with E-state index >= 15 is 0 Å². The van der Waals surface area contributed by atoms with Gasteiger partial charge in [-0.15, -0.1) is 0 Å². The molecule has 2 heterocycles. The number of benzene rings is 1. The lowest BCUT2D eigenvalue weighted by atomic mass is 9.98. The number of hydrogen-bond acceptors (Lipinski definition) is 3. The minimum absolute atomic E-state index is 0.111. The summed E-state index contributed by atoms with van der Waals surface area (Å²) in [6.07, 6.45) is 5.68. The number of nitrogens with zero attached hydrogens (tertiary/aromatic N) is 4. The quantitative estimate of drug-likeness (QED) is 0.812. The Bertz CT molecular complexity index is 724. The van der Waals surface area contributed by atoms with E-state index in [1.54, 1.807) is 6.20 Å². The van der Waals surface area contributed by atoms with E-state index in [-0.39, 0.29) is 11.9 Å². The molecule has 1 aliphatic heterocycles. The molecule has 0 radical (unpaired) electrons. The van der Waals surface area contributed by atoms with Gasteiger partial charge in [0.05, 0.1) is 12.6 Å². The molecule has 5 nitrogen and oxygen atoms in total. The molecule has 0 fully saturated rings. The fraction of sp³-hybridized carbons (Fsp3) is 0.500. The Labute approximate surface area is 150 Å². The van der Waals surface area contributed by atoms with Crippen LogP contribution < -0.4 is 0 Å². The second-order valence-electron chi connectivity index (χ2n) is 6.88. The highest BCUT2D eigenvalue weighted by molar-refractivity contribution is 5.81. The first-order valence-electron chi connectivity index (χ1n) is 9.16. The van der Waals surface area contributed by atoms with Gasteiger partial charge in [-0.25, -0.2) is 4.98 Å². The highest BCUT2D eigenvalue weighted by Crippen LogP contribution is 2.21. The maximum Gasteiger partial charge on any atom is 0.240 e. The van der Waals surface area contributed by atoms with E-state index in [9.17, 15) is 4.79 Å². The highest BCUT2D eigenvalue weighted by Gasteiger charge is 2.28. The number of fused-ring (bicyclic) bond motifs is 1. The molecule has 1 aliphatic rings. The molecule has 2 aromatic rings. The zero-order valence-electron chi connectivity index (χ0n) is 15.5. The van der Waals surface area contributed by atoms with Gasteiger partial charge in [0.1, 0.15) is 5.82 Å². The van der Waals surface area contributed by atoms with Gasteiger partial charge >= 0.3 is 0 Å². The Hall–Kier alpha value is -2.14. The van der Waals surface area contributed by atoms with Crippen molar-refractivity contribution in [2.24, 2.45) is 7.05 Å². The third kappa shape index (κ3) is 3.93. The number of amides is 1. The maximum absolute atomic E-state index is 13.1. The van der Waals surface area contributed by atoms with Crippen molar-refractivity contribution in [3.63, 3.8) is 0 Å². The zero-order valence-corrected chi connectivity index (χ0v) is 15.5. The van der Waals surface area contributed by atoms with Crippen LogP contribution in [-0.2, 0) is 31.4 Å². The summed E-state index contributed by atoms with van der Waals surface area (Å²) in [7, 11) is 1.97.